The molecular weight excluding hydrogens is 512 g/mol. The topological polar surface area (TPSA) is 61.9 Å². The van der Waals surface area contributed by atoms with Crippen LogP contribution < -0.4 is 5.32 Å². The Hall–Kier alpha value is -3.78. The molecule has 1 unspecified atom stereocenters. The summed E-state index contributed by atoms with van der Waals surface area (Å²) in [5.41, 5.74) is 1.97. The van der Waals surface area contributed by atoms with Gasteiger partial charge in [-0.05, 0) is 67.3 Å². The van der Waals surface area contributed by atoms with Crippen molar-refractivity contribution in [3.63, 3.8) is 0 Å². The minimum absolute atomic E-state index is 0.236. The van der Waals surface area contributed by atoms with E-state index >= 15 is 0 Å². The quantitative estimate of drug-likeness (QED) is 0.384. The maximum absolute atomic E-state index is 14.3. The second-order valence-corrected chi connectivity index (χ2v) is 11.4. The Balaban J connectivity index is 1.68. The van der Waals surface area contributed by atoms with Crippen LogP contribution in [0.4, 0.5) is 13.6 Å². The van der Waals surface area contributed by atoms with Gasteiger partial charge in [0, 0.05) is 45.9 Å². The molecule has 0 saturated heterocycles. The molecule has 8 heteroatoms. The number of halogens is 2. The maximum Gasteiger partial charge on any atom is 0.410 e. The van der Waals surface area contributed by atoms with E-state index in [0.717, 1.165) is 22.3 Å². The van der Waals surface area contributed by atoms with Crippen LogP contribution in [0.1, 0.15) is 49.9 Å². The SMILES string of the molecule is CC(=O)NC1(Cc2ccc(F)cc2)Cc2cc(F)ccc2CN1CCN(Cc1ccccc1)C(=O)OC(C)(C)C. The molecule has 3 aromatic rings. The zero-order valence-electron chi connectivity index (χ0n) is 23.5. The Morgan fingerprint density at radius 3 is 2.27 bits per heavy atom. The molecule has 1 aliphatic rings. The number of ether oxygens (including phenoxy) is 1. The summed E-state index contributed by atoms with van der Waals surface area (Å²) in [6.45, 7) is 8.47. The van der Waals surface area contributed by atoms with Crippen molar-refractivity contribution in [1.82, 2.24) is 15.1 Å². The van der Waals surface area contributed by atoms with E-state index in [4.69, 9.17) is 4.74 Å². The Bertz CT molecular complexity index is 1330. The van der Waals surface area contributed by atoms with Crippen LogP contribution in [0.3, 0.4) is 0 Å². The number of carbonyl (C=O) groups excluding carboxylic acids is 2. The molecule has 212 valence electrons. The summed E-state index contributed by atoms with van der Waals surface area (Å²) in [6.07, 6.45) is 0.287. The van der Waals surface area contributed by atoms with Crippen molar-refractivity contribution in [3.05, 3.63) is 107 Å². The van der Waals surface area contributed by atoms with E-state index in [1.54, 1.807) is 23.1 Å². The lowest BCUT2D eigenvalue weighted by Crippen LogP contribution is -2.65. The van der Waals surface area contributed by atoms with Gasteiger partial charge in [0.2, 0.25) is 5.91 Å². The van der Waals surface area contributed by atoms with Gasteiger partial charge >= 0.3 is 6.09 Å². The van der Waals surface area contributed by atoms with Crippen molar-refractivity contribution in [2.45, 2.75) is 64.9 Å². The van der Waals surface area contributed by atoms with E-state index in [-0.39, 0.29) is 17.5 Å². The summed E-state index contributed by atoms with van der Waals surface area (Å²) >= 11 is 0. The van der Waals surface area contributed by atoms with Gasteiger partial charge in [0.25, 0.3) is 0 Å². The van der Waals surface area contributed by atoms with Gasteiger partial charge in [-0.3, -0.25) is 9.69 Å². The van der Waals surface area contributed by atoms with Crippen molar-refractivity contribution in [2.75, 3.05) is 13.1 Å². The predicted octanol–water partition coefficient (Wildman–Crippen LogP) is 5.84. The molecule has 3 aromatic carbocycles. The van der Waals surface area contributed by atoms with Crippen molar-refractivity contribution in [3.8, 4) is 0 Å². The Morgan fingerprint density at radius 1 is 0.950 bits per heavy atom. The molecule has 0 aliphatic carbocycles. The maximum atomic E-state index is 14.3. The fraction of sp³-hybridized carbons (Fsp3) is 0.375. The number of rotatable bonds is 8. The highest BCUT2D eigenvalue weighted by atomic mass is 19.1. The summed E-state index contributed by atoms with van der Waals surface area (Å²) in [5, 5.41) is 3.15. The molecule has 1 heterocycles. The van der Waals surface area contributed by atoms with Crippen LogP contribution in [0.2, 0.25) is 0 Å². The molecule has 0 aromatic heterocycles. The van der Waals surface area contributed by atoms with Crippen LogP contribution in [0, 0.1) is 11.6 Å². The predicted molar refractivity (Wildman–Crippen MR) is 150 cm³/mol. The van der Waals surface area contributed by atoms with E-state index < -0.39 is 17.4 Å². The first-order valence-corrected chi connectivity index (χ1v) is 13.5. The van der Waals surface area contributed by atoms with Gasteiger partial charge in [0.1, 0.15) is 22.9 Å². The molecule has 0 bridgehead atoms. The number of hydrogen-bond acceptors (Lipinski definition) is 4. The van der Waals surface area contributed by atoms with E-state index in [2.05, 4.69) is 10.2 Å². The van der Waals surface area contributed by atoms with Gasteiger partial charge in [-0.2, -0.15) is 0 Å². The summed E-state index contributed by atoms with van der Waals surface area (Å²) < 4.78 is 33.7. The molecule has 6 nitrogen and oxygen atoms in total. The summed E-state index contributed by atoms with van der Waals surface area (Å²) in [7, 11) is 0. The van der Waals surface area contributed by atoms with Crippen molar-refractivity contribution in [1.29, 1.82) is 0 Å². The number of fused-ring (bicyclic) bond motifs is 1. The van der Waals surface area contributed by atoms with Crippen LogP contribution in [0.15, 0.2) is 72.8 Å². The van der Waals surface area contributed by atoms with Crippen molar-refractivity contribution < 1.29 is 23.1 Å². The third kappa shape index (κ3) is 7.66. The highest BCUT2D eigenvalue weighted by molar-refractivity contribution is 5.74. The molecule has 4 rings (SSSR count). The summed E-state index contributed by atoms with van der Waals surface area (Å²) in [5.74, 6) is -0.927. The minimum Gasteiger partial charge on any atom is -0.444 e. The largest absolute Gasteiger partial charge is 0.444 e. The number of amides is 2. The monoisotopic (exact) mass is 549 g/mol. The second kappa shape index (κ2) is 12.2. The number of benzene rings is 3. The number of carbonyl (C=O) groups is 2. The first-order chi connectivity index (χ1) is 18.9. The van der Waals surface area contributed by atoms with Crippen molar-refractivity contribution in [2.24, 2.45) is 0 Å². The van der Waals surface area contributed by atoms with E-state index in [0.29, 0.717) is 39.0 Å². The summed E-state index contributed by atoms with van der Waals surface area (Å²) in [6, 6.07) is 20.6. The lowest BCUT2D eigenvalue weighted by atomic mass is 9.84. The van der Waals surface area contributed by atoms with Gasteiger partial charge in [-0.25, -0.2) is 13.6 Å². The zero-order chi connectivity index (χ0) is 28.9. The number of hydrogen-bond donors (Lipinski definition) is 1. The molecule has 0 fully saturated rings. The number of nitrogens with one attached hydrogen (secondary N) is 1. The highest BCUT2D eigenvalue weighted by Crippen LogP contribution is 2.33. The van der Waals surface area contributed by atoms with Crippen LogP contribution in [0.25, 0.3) is 0 Å². The van der Waals surface area contributed by atoms with Crippen LogP contribution in [-0.2, 0) is 35.5 Å². The van der Waals surface area contributed by atoms with E-state index in [1.807, 2.05) is 51.1 Å². The van der Waals surface area contributed by atoms with Crippen LogP contribution in [0.5, 0.6) is 0 Å². The first-order valence-electron chi connectivity index (χ1n) is 13.5. The Kier molecular flexibility index (Phi) is 8.88. The highest BCUT2D eigenvalue weighted by Gasteiger charge is 2.42. The molecule has 1 atom stereocenters. The van der Waals surface area contributed by atoms with Gasteiger partial charge in [0.15, 0.2) is 0 Å². The number of nitrogens with zero attached hydrogens (tertiary/aromatic N) is 2. The molecular formula is C32H37F2N3O3. The average molecular weight is 550 g/mol. The normalized spacial score (nSPS) is 17.1. The molecule has 1 aliphatic heterocycles. The lowest BCUT2D eigenvalue weighted by molar-refractivity contribution is -0.124. The van der Waals surface area contributed by atoms with Gasteiger partial charge < -0.3 is 15.0 Å². The molecule has 40 heavy (non-hydrogen) atoms. The molecule has 2 amide bonds. The minimum atomic E-state index is -0.920. The van der Waals surface area contributed by atoms with Crippen molar-refractivity contribution >= 4 is 12.0 Å². The van der Waals surface area contributed by atoms with Crippen LogP contribution in [-0.4, -0.2) is 46.2 Å². The Labute approximate surface area is 234 Å². The van der Waals surface area contributed by atoms with Crippen LogP contribution >= 0.6 is 0 Å². The molecule has 1 N–H and O–H groups in total. The van der Waals surface area contributed by atoms with E-state index in [9.17, 15) is 18.4 Å². The second-order valence-electron chi connectivity index (χ2n) is 11.4. The average Bonchev–Trinajstić information content (AvgIpc) is 2.87. The zero-order valence-corrected chi connectivity index (χ0v) is 23.5. The fourth-order valence-corrected chi connectivity index (χ4v) is 5.21. The summed E-state index contributed by atoms with van der Waals surface area (Å²) in [4.78, 5) is 29.6. The smallest absolute Gasteiger partial charge is 0.410 e. The molecule has 0 spiro atoms. The van der Waals surface area contributed by atoms with Gasteiger partial charge in [-0.1, -0.05) is 48.5 Å². The third-order valence-electron chi connectivity index (χ3n) is 6.94. The van der Waals surface area contributed by atoms with Gasteiger partial charge in [-0.15, -0.1) is 0 Å². The molecule has 0 radical (unpaired) electrons. The van der Waals surface area contributed by atoms with E-state index in [1.165, 1.54) is 31.2 Å². The Morgan fingerprint density at radius 2 is 1.62 bits per heavy atom. The first kappa shape index (κ1) is 29.2. The lowest BCUT2D eigenvalue weighted by Gasteiger charge is -2.49. The fourth-order valence-electron chi connectivity index (χ4n) is 5.21. The third-order valence-corrected chi connectivity index (χ3v) is 6.94. The van der Waals surface area contributed by atoms with Gasteiger partial charge in [0.05, 0.1) is 0 Å². The molecule has 0 saturated carbocycles. The standard InChI is InChI=1S/C32H37F2N3O3/c1-23(38)35-32(19-24-10-13-28(33)14-11-24)20-27-18-29(34)15-12-26(27)22-37(32)17-16-36(30(39)40-31(2,3)4)21-25-8-6-5-7-9-25/h5-15,18H,16-17,19-22H2,1-4H3,(H,35,38).